The molecule has 1 unspecified atom stereocenters. The van der Waals surface area contributed by atoms with E-state index in [1.54, 1.807) is 0 Å². The summed E-state index contributed by atoms with van der Waals surface area (Å²) in [6.45, 7) is 14.7. The molecule has 1 fully saturated rings. The maximum absolute atomic E-state index is 13.1. The predicted molar refractivity (Wildman–Crippen MR) is 185 cm³/mol. The number of halogens is 1. The van der Waals surface area contributed by atoms with Crippen molar-refractivity contribution in [1.82, 2.24) is 15.0 Å². The Morgan fingerprint density at radius 2 is 1.58 bits per heavy atom. The Balaban J connectivity index is 1.54. The zero-order valence-corrected chi connectivity index (χ0v) is 30.2. The number of nitrogens with zero attached hydrogens (tertiary/aromatic N) is 3. The van der Waals surface area contributed by atoms with Crippen LogP contribution in [0.2, 0.25) is 5.04 Å². The first-order valence-corrected chi connectivity index (χ1v) is 18.9. The van der Waals surface area contributed by atoms with Crippen molar-refractivity contribution in [3.63, 3.8) is 0 Å². The van der Waals surface area contributed by atoms with E-state index in [1.807, 2.05) is 57.2 Å². The van der Waals surface area contributed by atoms with Crippen LogP contribution in [0, 0.1) is 15.5 Å². The van der Waals surface area contributed by atoms with Crippen LogP contribution < -0.4 is 10.4 Å². The first kappa shape index (κ1) is 33.8. The Kier molecular flexibility index (Phi) is 11.0. The molecule has 8 heteroatoms. The lowest BCUT2D eigenvalue weighted by Gasteiger charge is -2.41. The van der Waals surface area contributed by atoms with Crippen molar-refractivity contribution < 1.29 is 14.3 Å². The van der Waals surface area contributed by atoms with Gasteiger partial charge >= 0.3 is 5.97 Å². The number of benzene rings is 2. The summed E-state index contributed by atoms with van der Waals surface area (Å²) in [4.78, 5) is 25.7. The minimum Gasteiger partial charge on any atom is -0.460 e. The minimum atomic E-state index is -3.11. The summed E-state index contributed by atoms with van der Waals surface area (Å²) in [6.07, 6.45) is 6.24. The van der Waals surface area contributed by atoms with Crippen molar-refractivity contribution in [3.05, 3.63) is 70.1 Å². The van der Waals surface area contributed by atoms with Gasteiger partial charge in [-0.1, -0.05) is 100.0 Å². The number of aromatic nitrogens is 3. The smallest absolute Gasteiger partial charge is 0.306 e. The van der Waals surface area contributed by atoms with Crippen LogP contribution in [0.1, 0.15) is 111 Å². The molecule has 0 amide bonds. The second-order valence-corrected chi connectivity index (χ2v) is 19.5. The minimum absolute atomic E-state index is 0.0963. The van der Waals surface area contributed by atoms with Crippen LogP contribution in [-0.2, 0) is 9.53 Å². The maximum Gasteiger partial charge on any atom is 0.306 e. The summed E-state index contributed by atoms with van der Waals surface area (Å²) in [7, 11) is -3.11. The number of rotatable bonds is 13. The number of carbonyl (C=O) groups excluding carboxylic acids is 1. The van der Waals surface area contributed by atoms with Crippen LogP contribution in [-0.4, -0.2) is 39.7 Å². The molecule has 1 heterocycles. The van der Waals surface area contributed by atoms with Crippen LogP contribution >= 0.6 is 22.6 Å². The van der Waals surface area contributed by atoms with Crippen molar-refractivity contribution in [1.29, 1.82) is 0 Å². The molecule has 3 aromatic rings. The largest absolute Gasteiger partial charge is 0.460 e. The third kappa shape index (κ3) is 8.17. The highest BCUT2D eigenvalue weighted by Crippen LogP contribution is 2.44. The van der Waals surface area contributed by atoms with Gasteiger partial charge in [0.2, 0.25) is 0 Å². The second kappa shape index (κ2) is 13.9. The van der Waals surface area contributed by atoms with Crippen molar-refractivity contribution in [2.24, 2.45) is 11.8 Å². The average molecular weight is 716 g/mol. The van der Waals surface area contributed by atoms with E-state index >= 15 is 0 Å². The highest BCUT2D eigenvalue weighted by molar-refractivity contribution is 14.1. The fourth-order valence-electron chi connectivity index (χ4n) is 6.73. The molecular formula is C35H50IN3O3Si. The Bertz CT molecular complexity index is 1290. The van der Waals surface area contributed by atoms with Gasteiger partial charge < -0.3 is 9.53 Å². The zero-order chi connectivity index (χ0) is 31.4. The van der Waals surface area contributed by atoms with Crippen molar-refractivity contribution >= 4 is 47.3 Å². The maximum atomic E-state index is 13.1. The average Bonchev–Trinajstić information content (AvgIpc) is 3.29. The van der Waals surface area contributed by atoms with E-state index in [2.05, 4.69) is 89.5 Å². The van der Waals surface area contributed by atoms with Gasteiger partial charge in [0.1, 0.15) is 9.30 Å². The molecular weight excluding hydrogens is 665 g/mol. The first-order valence-electron chi connectivity index (χ1n) is 15.9. The monoisotopic (exact) mass is 715 g/mol. The van der Waals surface area contributed by atoms with Crippen LogP contribution in [0.25, 0.3) is 0 Å². The lowest BCUT2D eigenvalue weighted by Crippen LogP contribution is -2.65. The molecule has 1 atom stereocenters. The molecule has 0 aliphatic heterocycles. The molecule has 6 nitrogen and oxygen atoms in total. The fourth-order valence-corrected chi connectivity index (χ4v) is 11.6. The molecule has 0 spiro atoms. The van der Waals surface area contributed by atoms with Gasteiger partial charge in [0.25, 0.3) is 8.32 Å². The Labute approximate surface area is 273 Å². The number of carbonyl (C=O) groups is 1. The summed E-state index contributed by atoms with van der Waals surface area (Å²) in [6, 6.07) is 20.7. The molecule has 0 radical (unpaired) electrons. The van der Waals surface area contributed by atoms with Gasteiger partial charge in [-0.2, -0.15) is 0 Å². The molecule has 2 aromatic carbocycles. The highest BCUT2D eigenvalue weighted by Gasteiger charge is 2.49. The molecule has 0 bridgehead atoms. The normalized spacial score (nSPS) is 18.4. The van der Waals surface area contributed by atoms with E-state index in [1.165, 1.54) is 6.42 Å². The van der Waals surface area contributed by atoms with Gasteiger partial charge in [-0.05, 0) is 103 Å². The summed E-state index contributed by atoms with van der Waals surface area (Å²) in [5.74, 6) is 1.16. The van der Waals surface area contributed by atoms with E-state index in [9.17, 15) is 9.59 Å². The van der Waals surface area contributed by atoms with E-state index in [0.717, 1.165) is 57.8 Å². The third-order valence-corrected chi connectivity index (χ3v) is 14.6. The Morgan fingerprint density at radius 3 is 2.09 bits per heavy atom. The third-order valence-electron chi connectivity index (χ3n) is 8.96. The predicted octanol–water partition coefficient (Wildman–Crippen LogP) is 7.40. The molecule has 43 heavy (non-hydrogen) atoms. The number of hydrogen-bond donors (Lipinski definition) is 1. The second-order valence-electron chi connectivity index (χ2n) is 14.5. The first-order chi connectivity index (χ1) is 20.2. The van der Waals surface area contributed by atoms with Gasteiger partial charge in [-0.25, -0.2) is 4.68 Å². The molecule has 1 N–H and O–H groups in total. The fraction of sp³-hybridized carbons (Fsp3) is 0.571. The molecule has 1 aliphatic carbocycles. The number of esters is 1. The summed E-state index contributed by atoms with van der Waals surface area (Å²) >= 11 is 2.38. The molecule has 1 aromatic heterocycles. The zero-order valence-electron chi connectivity index (χ0n) is 27.0. The molecule has 0 saturated heterocycles. The van der Waals surface area contributed by atoms with Gasteiger partial charge in [0, 0.05) is 5.92 Å². The number of ether oxygens (including phenoxy) is 1. The van der Waals surface area contributed by atoms with Gasteiger partial charge in [0.05, 0.1) is 18.2 Å². The van der Waals surface area contributed by atoms with E-state index in [-0.39, 0.29) is 23.3 Å². The SMILES string of the molecule is CC(C)CC1CC(n2nnc(C(CCCC(C)(C)[Si](O)(c3ccccc3)c3ccccc3)CC(=O)OC(C)(C)C)c2I)C1. The van der Waals surface area contributed by atoms with Crippen molar-refractivity contribution in [2.45, 2.75) is 116 Å². The van der Waals surface area contributed by atoms with E-state index in [4.69, 9.17) is 4.74 Å². The Morgan fingerprint density at radius 1 is 1.02 bits per heavy atom. The quantitative estimate of drug-likeness (QED) is 0.114. The highest BCUT2D eigenvalue weighted by atomic mass is 127. The topological polar surface area (TPSA) is 77.2 Å². The Hall–Kier alpha value is -2.04. The molecule has 4 rings (SSSR count). The van der Waals surface area contributed by atoms with Gasteiger partial charge in [0.15, 0.2) is 0 Å². The van der Waals surface area contributed by atoms with E-state index in [0.29, 0.717) is 12.0 Å². The summed E-state index contributed by atoms with van der Waals surface area (Å²) in [5.41, 5.74) is 0.356. The van der Waals surface area contributed by atoms with Gasteiger partial charge in [-0.15, -0.1) is 5.10 Å². The number of hydrogen-bond acceptors (Lipinski definition) is 5. The molecule has 1 aliphatic rings. The molecule has 234 valence electrons. The van der Waals surface area contributed by atoms with Crippen molar-refractivity contribution in [3.8, 4) is 0 Å². The summed E-state index contributed by atoms with van der Waals surface area (Å²) in [5, 5.41) is 11.0. The standard InChI is InChI=1S/C35H50IN3O3Si/c1-25(2)21-26-22-28(23-26)39-33(36)32(37-38-39)27(24-31(40)42-34(3,4)5)15-14-20-35(6,7)43(41,29-16-10-8-11-17-29)30-18-12-9-13-19-30/h8-13,16-19,25-28,41H,14-15,20-24H2,1-7H3. The van der Waals surface area contributed by atoms with Crippen LogP contribution in [0.5, 0.6) is 0 Å². The summed E-state index contributed by atoms with van der Waals surface area (Å²) < 4.78 is 8.89. The van der Waals surface area contributed by atoms with Crippen LogP contribution in [0.3, 0.4) is 0 Å². The lowest BCUT2D eigenvalue weighted by atomic mass is 9.76. The van der Waals surface area contributed by atoms with E-state index < -0.39 is 13.9 Å². The lowest BCUT2D eigenvalue weighted by molar-refractivity contribution is -0.155. The van der Waals surface area contributed by atoms with Crippen molar-refractivity contribution in [2.75, 3.05) is 0 Å². The van der Waals surface area contributed by atoms with Crippen LogP contribution in [0.4, 0.5) is 0 Å². The molecule has 1 saturated carbocycles. The van der Waals surface area contributed by atoms with Gasteiger partial charge in [-0.3, -0.25) is 4.79 Å². The van der Waals surface area contributed by atoms with Crippen LogP contribution in [0.15, 0.2) is 60.7 Å².